The minimum atomic E-state index is -0.564. The van der Waals surface area contributed by atoms with Gasteiger partial charge in [-0.3, -0.25) is 13.7 Å². The summed E-state index contributed by atoms with van der Waals surface area (Å²) in [6.45, 7) is 13.3. The Balaban J connectivity index is 1.14. The largest absolute Gasteiger partial charge is 0.458 e. The molecule has 5 nitrogen and oxygen atoms in total. The predicted molar refractivity (Wildman–Crippen MR) is 255 cm³/mol. The minimum absolute atomic E-state index is 0.0995. The summed E-state index contributed by atoms with van der Waals surface area (Å²) in [6.07, 6.45) is 6.24. The Hall–Kier alpha value is -7.24. The average Bonchev–Trinajstić information content (AvgIpc) is 3.89. The van der Waals surface area contributed by atoms with Crippen molar-refractivity contribution in [3.8, 4) is 50.9 Å². The summed E-state index contributed by atoms with van der Waals surface area (Å²) in [4.78, 5) is 4.90. The lowest BCUT2D eigenvalue weighted by atomic mass is 9.87. The second-order valence-electron chi connectivity index (χ2n) is 17.8. The lowest BCUT2D eigenvalue weighted by Crippen LogP contribution is -2.31. The van der Waals surface area contributed by atoms with Gasteiger partial charge in [-0.1, -0.05) is 157 Å². The van der Waals surface area contributed by atoms with Crippen molar-refractivity contribution in [3.05, 3.63) is 199 Å². The van der Waals surface area contributed by atoms with Crippen molar-refractivity contribution in [2.75, 3.05) is 0 Å². The van der Waals surface area contributed by atoms with Crippen LogP contribution in [0.25, 0.3) is 72.3 Å². The van der Waals surface area contributed by atoms with Crippen LogP contribution in [0.3, 0.4) is 0 Å². The molecule has 0 unspecified atom stereocenters. The summed E-state index contributed by atoms with van der Waals surface area (Å²) < 4.78 is 99.5. The van der Waals surface area contributed by atoms with Crippen LogP contribution in [0.1, 0.15) is 66.4 Å². The lowest BCUT2D eigenvalue weighted by molar-refractivity contribution is -0.571. The molecule has 0 aliphatic heterocycles. The number of ether oxygens (including phenoxy) is 1. The first-order valence-corrected chi connectivity index (χ1v) is 20.7. The van der Waals surface area contributed by atoms with Crippen molar-refractivity contribution in [1.29, 1.82) is 0 Å². The zero-order valence-electron chi connectivity index (χ0n) is 45.5. The fraction of sp³-hybridized carbons (Fsp3) is 0.158. The van der Waals surface area contributed by atoms with Crippen molar-refractivity contribution in [1.82, 2.24) is 14.1 Å². The van der Waals surface area contributed by atoms with E-state index >= 15 is 0 Å². The summed E-state index contributed by atoms with van der Waals surface area (Å²) in [5.74, 6) is 1.92. The highest BCUT2D eigenvalue weighted by Gasteiger charge is 2.22. The van der Waals surface area contributed by atoms with Gasteiger partial charge in [0.1, 0.15) is 17.3 Å². The molecule has 5 heteroatoms. The van der Waals surface area contributed by atoms with E-state index in [0.29, 0.717) is 28.2 Å². The van der Waals surface area contributed by atoms with Gasteiger partial charge in [-0.15, -0.1) is 0 Å². The molecule has 0 saturated heterocycles. The van der Waals surface area contributed by atoms with Gasteiger partial charge in [0.05, 0.1) is 47.1 Å². The Labute approximate surface area is 378 Å². The van der Waals surface area contributed by atoms with E-state index < -0.39 is 60.4 Å². The normalized spacial score (nSPS) is 14.4. The van der Waals surface area contributed by atoms with Gasteiger partial charge in [-0.25, -0.2) is 4.98 Å². The van der Waals surface area contributed by atoms with Crippen LogP contribution in [0.2, 0.25) is 0 Å². The van der Waals surface area contributed by atoms with Crippen molar-refractivity contribution in [3.63, 3.8) is 0 Å². The first-order chi connectivity index (χ1) is 34.1. The van der Waals surface area contributed by atoms with Crippen LogP contribution in [0.5, 0.6) is 11.5 Å². The van der Waals surface area contributed by atoms with Crippen LogP contribution >= 0.6 is 0 Å². The third-order valence-electron chi connectivity index (χ3n) is 11.1. The molecule has 0 bridgehead atoms. The average molecular weight is 817 g/mol. The van der Waals surface area contributed by atoms with E-state index in [1.807, 2.05) is 66.9 Å². The molecule has 10 rings (SSSR count). The first-order valence-electron chi connectivity index (χ1n) is 25.7. The highest BCUT2D eigenvalue weighted by atomic mass is 16.5. The third kappa shape index (κ3) is 7.34. The van der Waals surface area contributed by atoms with Crippen molar-refractivity contribution in [2.24, 2.45) is 5.41 Å². The summed E-state index contributed by atoms with van der Waals surface area (Å²) >= 11 is 0. The molecule has 62 heavy (non-hydrogen) atoms. The maximum Gasteiger partial charge on any atom is 0.269 e. The first kappa shape index (κ1) is 29.1. The molecule has 0 amide bonds. The van der Waals surface area contributed by atoms with E-state index in [-0.39, 0.29) is 38.8 Å². The number of para-hydroxylation sites is 3. The van der Waals surface area contributed by atoms with Gasteiger partial charge in [-0.05, 0) is 105 Å². The Morgan fingerprint density at radius 3 is 2.03 bits per heavy atom. The summed E-state index contributed by atoms with van der Waals surface area (Å²) in [5.41, 5.74) is 6.49. The topological polar surface area (TPSA) is 35.9 Å². The number of pyridine rings is 1. The van der Waals surface area contributed by atoms with Crippen LogP contribution in [-0.2, 0) is 11.8 Å². The molecule has 0 atom stereocenters. The van der Waals surface area contributed by atoms with Gasteiger partial charge < -0.3 is 4.74 Å². The minimum Gasteiger partial charge on any atom is -0.458 e. The van der Waals surface area contributed by atoms with Crippen molar-refractivity contribution >= 4 is 32.8 Å². The number of rotatable bonds is 8. The Morgan fingerprint density at radius 1 is 0.629 bits per heavy atom. The zero-order valence-corrected chi connectivity index (χ0v) is 35.5. The number of fused-ring (bicyclic) bond motifs is 4. The van der Waals surface area contributed by atoms with Crippen molar-refractivity contribution in [2.45, 2.75) is 53.4 Å². The number of hydrogen-bond donors (Lipinski definition) is 0. The van der Waals surface area contributed by atoms with Gasteiger partial charge in [0.2, 0.25) is 0 Å². The van der Waals surface area contributed by atoms with Crippen molar-refractivity contribution < 1.29 is 23.0 Å². The number of imidazole rings is 1. The van der Waals surface area contributed by atoms with Crippen LogP contribution in [0.4, 0.5) is 0 Å². The van der Waals surface area contributed by atoms with Crippen LogP contribution in [0.15, 0.2) is 182 Å². The van der Waals surface area contributed by atoms with Gasteiger partial charge in [0, 0.05) is 23.0 Å². The molecule has 3 aromatic heterocycles. The molecule has 0 saturated carbocycles. The number of benzene rings is 7. The van der Waals surface area contributed by atoms with Crippen LogP contribution in [0, 0.1) is 11.7 Å². The number of nitrogens with zero attached hydrogens (tertiary/aromatic N) is 4. The Bertz CT molecular complexity index is 3720. The second kappa shape index (κ2) is 15.3. The molecule has 0 aliphatic carbocycles. The second-order valence-corrected chi connectivity index (χ2v) is 17.8. The maximum absolute atomic E-state index is 9.03. The van der Waals surface area contributed by atoms with E-state index in [1.54, 1.807) is 27.3 Å². The fourth-order valence-electron chi connectivity index (χ4n) is 8.28. The van der Waals surface area contributed by atoms with Crippen LogP contribution in [-0.4, -0.2) is 14.1 Å². The van der Waals surface area contributed by atoms with E-state index in [9.17, 15) is 0 Å². The number of aromatic nitrogens is 4. The van der Waals surface area contributed by atoms with E-state index in [2.05, 4.69) is 88.8 Å². The van der Waals surface area contributed by atoms with E-state index in [4.69, 9.17) is 23.4 Å². The third-order valence-corrected chi connectivity index (χ3v) is 11.1. The zero-order chi connectivity index (χ0) is 51.3. The summed E-state index contributed by atoms with van der Waals surface area (Å²) in [5, 5.41) is 2.18. The molecule has 0 N–H and O–H groups in total. The molecule has 0 aliphatic rings. The molecule has 0 spiro atoms. The van der Waals surface area contributed by atoms with Crippen LogP contribution < -0.4 is 9.30 Å². The molecular weight excluding hydrogens is 757 g/mol. The molecular formula is C57H50N4O. The molecule has 10 aromatic rings. The maximum atomic E-state index is 9.03. The Morgan fingerprint density at radius 2 is 1.32 bits per heavy atom. The lowest BCUT2D eigenvalue weighted by Gasteiger charge is -2.20. The monoisotopic (exact) mass is 816 g/mol. The molecule has 7 aromatic carbocycles. The van der Waals surface area contributed by atoms with Gasteiger partial charge >= 0.3 is 0 Å². The molecule has 3 heterocycles. The predicted octanol–water partition coefficient (Wildman–Crippen LogP) is 14.2. The van der Waals surface area contributed by atoms with E-state index in [1.165, 1.54) is 5.56 Å². The highest BCUT2D eigenvalue weighted by Crippen LogP contribution is 2.38. The smallest absolute Gasteiger partial charge is 0.269 e. The molecule has 0 radical (unpaired) electrons. The van der Waals surface area contributed by atoms with E-state index in [0.717, 1.165) is 39.6 Å². The standard InChI is InChI=1S/C57H50N4O/c1-56(2,3)37-39-27-30-50-49(33-39)48-29-28-45(36-53(48)61(50)54-34-42(31-32-58-54)57(4,5)6)62-44-22-15-21-43(35-44)59-38-60(52-26-14-13-25-51(52)59)55-46(40-17-9-7-10-18-40)23-16-24-47(55)41-19-11-8-12-20-41/h7-36H,37H2,1-6H3/i7D,8D,9D,10D,11D,12D,17D,18D,19D,20D. The SMILES string of the molecule is [2H]c1c([2H])c([2H])c(-c2cccc(-c3c([2H])c([2H])c([2H])c([2H])c3[2H])c2-[n+]2[c-]n(-c3cccc(Oc4ccc5c6cc(CC(C)(C)C)ccc6n(-c6cc(C(C)(C)C)ccn6)c5c4)c3)c3ccccc32)c([2H])c1[2H]. The quantitative estimate of drug-likeness (QED) is 0.113. The molecule has 304 valence electrons. The van der Waals surface area contributed by atoms with Gasteiger partial charge in [0.15, 0.2) is 0 Å². The van der Waals surface area contributed by atoms with Gasteiger partial charge in [0.25, 0.3) is 6.33 Å². The molecule has 0 fully saturated rings. The fourth-order valence-corrected chi connectivity index (χ4v) is 8.28. The number of hydrogen-bond acceptors (Lipinski definition) is 2. The highest BCUT2D eigenvalue weighted by molar-refractivity contribution is 6.09. The Kier molecular flexibility index (Phi) is 7.20. The summed E-state index contributed by atoms with van der Waals surface area (Å²) in [6, 6.07) is 31.5. The van der Waals surface area contributed by atoms with Gasteiger partial charge in [-0.2, -0.15) is 0 Å². The summed E-state index contributed by atoms with van der Waals surface area (Å²) in [7, 11) is 0.